The van der Waals surface area contributed by atoms with Crippen molar-refractivity contribution in [3.05, 3.63) is 53.5 Å². The Labute approximate surface area is 111 Å². The molecule has 0 amide bonds. The fourth-order valence-corrected chi connectivity index (χ4v) is 1.90. The van der Waals surface area contributed by atoms with Gasteiger partial charge in [-0.15, -0.1) is 11.6 Å². The lowest BCUT2D eigenvalue weighted by Crippen LogP contribution is -1.80. The normalized spacial score (nSPS) is 11.8. The minimum atomic E-state index is -0.249. The molecule has 0 saturated heterocycles. The molecule has 0 bridgehead atoms. The van der Waals surface area contributed by atoms with E-state index in [2.05, 4.69) is 6.92 Å². The molecule has 0 spiro atoms. The van der Waals surface area contributed by atoms with Crippen molar-refractivity contribution < 1.29 is 8.81 Å². The van der Waals surface area contributed by atoms with Gasteiger partial charge in [0.15, 0.2) is 0 Å². The third-order valence-corrected chi connectivity index (χ3v) is 3.07. The Morgan fingerprint density at radius 2 is 1.94 bits per heavy atom. The lowest BCUT2D eigenvalue weighted by molar-refractivity contribution is 0.570. The van der Waals surface area contributed by atoms with E-state index in [4.69, 9.17) is 16.0 Å². The van der Waals surface area contributed by atoms with Gasteiger partial charge in [-0.3, -0.25) is 0 Å². The molecule has 0 aliphatic heterocycles. The number of allylic oxidation sites excluding steroid dienone is 1. The molecule has 0 N–H and O–H groups in total. The molecule has 0 atom stereocenters. The van der Waals surface area contributed by atoms with Gasteiger partial charge in [0.2, 0.25) is 0 Å². The Bertz CT molecular complexity index is 534. The first-order valence-corrected chi connectivity index (χ1v) is 6.37. The van der Waals surface area contributed by atoms with E-state index in [-0.39, 0.29) is 5.82 Å². The van der Waals surface area contributed by atoms with Gasteiger partial charge in [0, 0.05) is 11.4 Å². The average Bonchev–Trinajstić information content (AvgIpc) is 2.85. The third kappa shape index (κ3) is 3.02. The van der Waals surface area contributed by atoms with E-state index < -0.39 is 0 Å². The Morgan fingerprint density at radius 3 is 2.56 bits per heavy atom. The zero-order valence-corrected chi connectivity index (χ0v) is 10.9. The number of benzene rings is 1. The van der Waals surface area contributed by atoms with Gasteiger partial charge in [0.25, 0.3) is 0 Å². The van der Waals surface area contributed by atoms with Crippen LogP contribution in [0.2, 0.25) is 0 Å². The van der Waals surface area contributed by atoms with Gasteiger partial charge in [-0.2, -0.15) is 0 Å². The number of furan rings is 1. The van der Waals surface area contributed by atoms with Crippen molar-refractivity contribution in [2.24, 2.45) is 0 Å². The minimum Gasteiger partial charge on any atom is -0.457 e. The van der Waals surface area contributed by atoms with Gasteiger partial charge < -0.3 is 4.42 Å². The number of rotatable bonds is 4. The lowest BCUT2D eigenvalue weighted by Gasteiger charge is -1.98. The highest BCUT2D eigenvalue weighted by Gasteiger charge is 2.04. The topological polar surface area (TPSA) is 13.1 Å². The number of halogens is 2. The molecule has 94 valence electrons. The molecule has 0 aliphatic rings. The standard InChI is InChI=1S/C15H14ClFO/c1-2-11(10-16)9-14-7-8-15(18-14)12-3-5-13(17)6-4-12/h3-9H,2,10H2,1H3. The van der Waals surface area contributed by atoms with Crippen LogP contribution in [0.25, 0.3) is 17.4 Å². The predicted molar refractivity (Wildman–Crippen MR) is 73.1 cm³/mol. The van der Waals surface area contributed by atoms with Crippen LogP contribution in [0.5, 0.6) is 0 Å². The second-order valence-electron chi connectivity index (χ2n) is 4.00. The summed E-state index contributed by atoms with van der Waals surface area (Å²) in [6.45, 7) is 2.05. The van der Waals surface area contributed by atoms with Gasteiger partial charge in [0.05, 0.1) is 0 Å². The summed E-state index contributed by atoms with van der Waals surface area (Å²) in [7, 11) is 0. The average molecular weight is 265 g/mol. The zero-order chi connectivity index (χ0) is 13.0. The summed E-state index contributed by atoms with van der Waals surface area (Å²) in [6, 6.07) is 10.0. The summed E-state index contributed by atoms with van der Waals surface area (Å²) in [5.41, 5.74) is 1.98. The van der Waals surface area contributed by atoms with Crippen molar-refractivity contribution in [3.8, 4) is 11.3 Å². The Kier molecular flexibility index (Phi) is 4.21. The molecular formula is C15H14ClFO. The van der Waals surface area contributed by atoms with E-state index in [1.807, 2.05) is 18.2 Å². The maximum Gasteiger partial charge on any atom is 0.134 e. The van der Waals surface area contributed by atoms with E-state index in [0.29, 0.717) is 5.88 Å². The van der Waals surface area contributed by atoms with Gasteiger partial charge in [-0.05, 0) is 48.9 Å². The molecule has 1 nitrogen and oxygen atoms in total. The predicted octanol–water partition coefficient (Wildman–Crippen LogP) is 5.12. The second kappa shape index (κ2) is 5.87. The molecule has 0 unspecified atom stereocenters. The molecule has 0 fully saturated rings. The molecule has 1 aromatic carbocycles. The molecule has 0 saturated carbocycles. The highest BCUT2D eigenvalue weighted by atomic mass is 35.5. The van der Waals surface area contributed by atoms with E-state index in [1.165, 1.54) is 12.1 Å². The van der Waals surface area contributed by atoms with E-state index in [1.54, 1.807) is 12.1 Å². The molecular weight excluding hydrogens is 251 g/mol. The van der Waals surface area contributed by atoms with Crippen molar-refractivity contribution in [2.75, 3.05) is 5.88 Å². The first-order chi connectivity index (χ1) is 8.72. The van der Waals surface area contributed by atoms with E-state index in [9.17, 15) is 4.39 Å². The van der Waals surface area contributed by atoms with Gasteiger partial charge >= 0.3 is 0 Å². The maximum absolute atomic E-state index is 12.8. The monoisotopic (exact) mass is 264 g/mol. The van der Waals surface area contributed by atoms with E-state index in [0.717, 1.165) is 29.1 Å². The lowest BCUT2D eigenvalue weighted by atomic mass is 10.2. The first-order valence-electron chi connectivity index (χ1n) is 5.84. The van der Waals surface area contributed by atoms with Crippen LogP contribution in [-0.4, -0.2) is 5.88 Å². The summed E-state index contributed by atoms with van der Waals surface area (Å²) < 4.78 is 18.5. The van der Waals surface area contributed by atoms with Gasteiger partial charge in [0.1, 0.15) is 17.3 Å². The fraction of sp³-hybridized carbons (Fsp3) is 0.200. The summed E-state index contributed by atoms with van der Waals surface area (Å²) >= 11 is 5.81. The number of hydrogen-bond acceptors (Lipinski definition) is 1. The SMILES string of the molecule is CCC(=Cc1ccc(-c2ccc(F)cc2)o1)CCl. The largest absolute Gasteiger partial charge is 0.457 e. The van der Waals surface area contributed by atoms with E-state index >= 15 is 0 Å². The molecule has 1 aromatic heterocycles. The molecule has 1 heterocycles. The van der Waals surface area contributed by atoms with Crippen LogP contribution in [0.1, 0.15) is 19.1 Å². The molecule has 0 radical (unpaired) electrons. The summed E-state index contributed by atoms with van der Waals surface area (Å²) in [4.78, 5) is 0. The molecule has 18 heavy (non-hydrogen) atoms. The smallest absolute Gasteiger partial charge is 0.134 e. The third-order valence-electron chi connectivity index (χ3n) is 2.73. The van der Waals surface area contributed by atoms with Gasteiger partial charge in [-0.1, -0.05) is 12.5 Å². The van der Waals surface area contributed by atoms with Crippen LogP contribution in [-0.2, 0) is 0 Å². The van der Waals surface area contributed by atoms with Crippen molar-refractivity contribution >= 4 is 17.7 Å². The van der Waals surface area contributed by atoms with Crippen LogP contribution < -0.4 is 0 Å². The molecule has 2 aromatic rings. The van der Waals surface area contributed by atoms with Crippen LogP contribution >= 0.6 is 11.6 Å². The molecule has 2 rings (SSSR count). The van der Waals surface area contributed by atoms with Crippen LogP contribution in [0, 0.1) is 5.82 Å². The summed E-state index contributed by atoms with van der Waals surface area (Å²) in [6.07, 6.45) is 2.84. The number of hydrogen-bond donors (Lipinski definition) is 0. The quantitative estimate of drug-likeness (QED) is 0.699. The first kappa shape index (κ1) is 12.9. The van der Waals surface area contributed by atoms with Crippen LogP contribution in [0.15, 0.2) is 46.4 Å². The molecule has 0 aliphatic carbocycles. The van der Waals surface area contributed by atoms with Crippen LogP contribution in [0.4, 0.5) is 4.39 Å². The van der Waals surface area contributed by atoms with Crippen molar-refractivity contribution in [2.45, 2.75) is 13.3 Å². The Morgan fingerprint density at radius 1 is 1.22 bits per heavy atom. The zero-order valence-electron chi connectivity index (χ0n) is 10.1. The second-order valence-corrected chi connectivity index (χ2v) is 4.27. The molecule has 3 heteroatoms. The fourth-order valence-electron chi connectivity index (χ4n) is 1.64. The summed E-state index contributed by atoms with van der Waals surface area (Å²) in [5, 5.41) is 0. The van der Waals surface area contributed by atoms with Crippen molar-refractivity contribution in [1.82, 2.24) is 0 Å². The summed E-state index contributed by atoms with van der Waals surface area (Å²) in [5.74, 6) is 1.75. The Hall–Kier alpha value is -1.54. The van der Waals surface area contributed by atoms with Crippen LogP contribution in [0.3, 0.4) is 0 Å². The van der Waals surface area contributed by atoms with Crippen molar-refractivity contribution in [3.63, 3.8) is 0 Å². The maximum atomic E-state index is 12.8. The highest BCUT2D eigenvalue weighted by Crippen LogP contribution is 2.24. The highest BCUT2D eigenvalue weighted by molar-refractivity contribution is 6.19. The minimum absolute atomic E-state index is 0.249. The number of alkyl halides is 1. The van der Waals surface area contributed by atoms with Gasteiger partial charge in [-0.25, -0.2) is 4.39 Å². The van der Waals surface area contributed by atoms with Crippen molar-refractivity contribution in [1.29, 1.82) is 0 Å². The Balaban J connectivity index is 2.25.